The van der Waals surface area contributed by atoms with E-state index in [0.717, 1.165) is 6.42 Å². The van der Waals surface area contributed by atoms with Crippen molar-refractivity contribution in [3.63, 3.8) is 0 Å². The van der Waals surface area contributed by atoms with Crippen molar-refractivity contribution >= 4 is 44.5 Å². The lowest BCUT2D eigenvalue weighted by molar-refractivity contribution is 0.660. The van der Waals surface area contributed by atoms with Gasteiger partial charge in [0, 0.05) is 50.1 Å². The summed E-state index contributed by atoms with van der Waals surface area (Å²) in [6.07, 6.45) is 10.0. The van der Waals surface area contributed by atoms with Gasteiger partial charge < -0.3 is 9.47 Å². The summed E-state index contributed by atoms with van der Waals surface area (Å²) in [5, 5.41) is 5.16. The van der Waals surface area contributed by atoms with Crippen LogP contribution in [-0.4, -0.2) is 4.57 Å². The average molecular weight is 629 g/mol. The van der Waals surface area contributed by atoms with Gasteiger partial charge in [-0.1, -0.05) is 135 Å². The molecule has 0 amide bonds. The van der Waals surface area contributed by atoms with Crippen LogP contribution in [0.3, 0.4) is 0 Å². The predicted octanol–water partition coefficient (Wildman–Crippen LogP) is 10.3. The van der Waals surface area contributed by atoms with Crippen molar-refractivity contribution in [3.8, 4) is 16.8 Å². The summed E-state index contributed by atoms with van der Waals surface area (Å²) in [7, 11) is 0. The summed E-state index contributed by atoms with van der Waals surface area (Å²) >= 11 is 0. The van der Waals surface area contributed by atoms with Gasteiger partial charge in [-0.05, 0) is 81.9 Å². The second-order valence-electron chi connectivity index (χ2n) is 14.1. The molecule has 2 heteroatoms. The molecular weight excluding hydrogens is 593 g/mol. The predicted molar refractivity (Wildman–Crippen MR) is 206 cm³/mol. The minimum absolute atomic E-state index is 0.0432. The highest BCUT2D eigenvalue weighted by Crippen LogP contribution is 2.51. The van der Waals surface area contributed by atoms with E-state index in [1.807, 2.05) is 0 Å². The van der Waals surface area contributed by atoms with Gasteiger partial charge in [0.05, 0.1) is 11.0 Å². The lowest BCUT2D eigenvalue weighted by Crippen LogP contribution is -2.39. The SMILES string of the molecule is CC1(C)c2ccccc2-c2cc(N(C3=c4ccccc4=C4C=CC=CC4C3)c3ccc4c5ccccc5n(-c5ccccc5)c4c3)ccc21. The number of nitrogens with zero attached hydrogens (tertiary/aromatic N) is 2. The molecule has 0 bridgehead atoms. The van der Waals surface area contributed by atoms with Crippen molar-refractivity contribution in [1.82, 2.24) is 4.57 Å². The Bertz CT molecular complexity index is 2670. The van der Waals surface area contributed by atoms with Crippen LogP contribution in [0.4, 0.5) is 11.4 Å². The van der Waals surface area contributed by atoms with E-state index >= 15 is 0 Å². The van der Waals surface area contributed by atoms with Crippen molar-refractivity contribution in [3.05, 3.63) is 185 Å². The van der Waals surface area contributed by atoms with Crippen LogP contribution in [0.5, 0.6) is 0 Å². The molecule has 1 heterocycles. The zero-order valence-electron chi connectivity index (χ0n) is 27.8. The van der Waals surface area contributed by atoms with Crippen LogP contribution in [0, 0.1) is 5.92 Å². The van der Waals surface area contributed by atoms with Crippen molar-refractivity contribution < 1.29 is 0 Å². The first-order valence-electron chi connectivity index (χ1n) is 17.4. The molecule has 49 heavy (non-hydrogen) atoms. The van der Waals surface area contributed by atoms with Crippen molar-refractivity contribution in [2.45, 2.75) is 25.7 Å². The monoisotopic (exact) mass is 628 g/mol. The van der Waals surface area contributed by atoms with Crippen LogP contribution < -0.4 is 15.3 Å². The topological polar surface area (TPSA) is 8.17 Å². The van der Waals surface area contributed by atoms with Gasteiger partial charge >= 0.3 is 0 Å². The lowest BCUT2D eigenvalue weighted by Gasteiger charge is -2.34. The van der Waals surface area contributed by atoms with E-state index < -0.39 is 0 Å². The minimum atomic E-state index is -0.0432. The van der Waals surface area contributed by atoms with E-state index in [0.29, 0.717) is 5.92 Å². The molecule has 2 nitrogen and oxygen atoms in total. The van der Waals surface area contributed by atoms with E-state index in [-0.39, 0.29) is 5.41 Å². The molecule has 0 aliphatic heterocycles. The average Bonchev–Trinajstić information content (AvgIpc) is 3.60. The van der Waals surface area contributed by atoms with Crippen LogP contribution in [0.15, 0.2) is 164 Å². The first-order valence-corrected chi connectivity index (χ1v) is 17.4. The Morgan fingerprint density at radius 2 is 1.29 bits per heavy atom. The van der Waals surface area contributed by atoms with E-state index in [2.05, 4.69) is 187 Å². The van der Waals surface area contributed by atoms with Crippen molar-refractivity contribution in [2.24, 2.45) is 5.92 Å². The third-order valence-electron chi connectivity index (χ3n) is 11.1. The molecule has 0 spiro atoms. The number of aromatic nitrogens is 1. The van der Waals surface area contributed by atoms with E-state index in [1.54, 1.807) is 0 Å². The Kier molecular flexibility index (Phi) is 6.08. The normalized spacial score (nSPS) is 16.8. The van der Waals surface area contributed by atoms with E-state index in [4.69, 9.17) is 0 Å². The van der Waals surface area contributed by atoms with Gasteiger partial charge in [0.25, 0.3) is 0 Å². The third-order valence-corrected chi connectivity index (χ3v) is 11.1. The summed E-state index contributed by atoms with van der Waals surface area (Å²) in [6, 6.07) is 51.8. The molecule has 1 unspecified atom stereocenters. The molecule has 3 aliphatic rings. The molecule has 7 aromatic rings. The van der Waals surface area contributed by atoms with Crippen LogP contribution in [-0.2, 0) is 5.41 Å². The molecule has 234 valence electrons. The molecule has 1 atom stereocenters. The molecule has 0 N–H and O–H groups in total. The summed E-state index contributed by atoms with van der Waals surface area (Å²) < 4.78 is 2.42. The van der Waals surface area contributed by atoms with Crippen molar-refractivity contribution in [1.29, 1.82) is 0 Å². The maximum Gasteiger partial charge on any atom is 0.0561 e. The van der Waals surface area contributed by atoms with Gasteiger partial charge in [-0.15, -0.1) is 0 Å². The fourth-order valence-corrected chi connectivity index (χ4v) is 8.83. The number of benzene rings is 6. The molecule has 3 aliphatic carbocycles. The Labute approximate surface area is 286 Å². The lowest BCUT2D eigenvalue weighted by atomic mass is 9.82. The maximum atomic E-state index is 2.56. The zero-order valence-corrected chi connectivity index (χ0v) is 27.8. The largest absolute Gasteiger partial charge is 0.313 e. The zero-order chi connectivity index (χ0) is 32.7. The Hall–Kier alpha value is -5.86. The Balaban J connectivity index is 1.28. The second-order valence-corrected chi connectivity index (χ2v) is 14.1. The molecule has 0 fully saturated rings. The summed E-state index contributed by atoms with van der Waals surface area (Å²) in [5.41, 5.74) is 14.1. The number of fused-ring (bicyclic) bond motifs is 8. The molecule has 0 radical (unpaired) electrons. The molecule has 6 aromatic carbocycles. The summed E-state index contributed by atoms with van der Waals surface area (Å²) in [5.74, 6) is 0.325. The first kappa shape index (κ1) is 28.2. The molecule has 1 aromatic heterocycles. The number of anilines is 2. The highest BCUT2D eigenvalue weighted by molar-refractivity contribution is 6.10. The molecule has 0 saturated heterocycles. The number of para-hydroxylation sites is 2. The number of hydrogen-bond acceptors (Lipinski definition) is 1. The minimum Gasteiger partial charge on any atom is -0.313 e. The van der Waals surface area contributed by atoms with Gasteiger partial charge in [-0.3, -0.25) is 0 Å². The highest BCUT2D eigenvalue weighted by atomic mass is 15.2. The van der Waals surface area contributed by atoms with Gasteiger partial charge in [-0.2, -0.15) is 0 Å². The Morgan fingerprint density at radius 1 is 0.592 bits per heavy atom. The van der Waals surface area contributed by atoms with Crippen LogP contribution >= 0.6 is 0 Å². The second kappa shape index (κ2) is 10.6. The van der Waals surface area contributed by atoms with Gasteiger partial charge in [0.2, 0.25) is 0 Å². The summed E-state index contributed by atoms with van der Waals surface area (Å²) in [4.78, 5) is 2.56. The first-order chi connectivity index (χ1) is 24.1. The van der Waals surface area contributed by atoms with E-state index in [9.17, 15) is 0 Å². The number of allylic oxidation sites excluding steroid dienone is 4. The Morgan fingerprint density at radius 3 is 2.18 bits per heavy atom. The van der Waals surface area contributed by atoms with Crippen LogP contribution in [0.2, 0.25) is 0 Å². The van der Waals surface area contributed by atoms with Crippen molar-refractivity contribution in [2.75, 3.05) is 4.90 Å². The number of hydrogen-bond donors (Lipinski definition) is 0. The fourth-order valence-electron chi connectivity index (χ4n) is 8.83. The quantitative estimate of drug-likeness (QED) is 0.188. The van der Waals surface area contributed by atoms with Gasteiger partial charge in [0.1, 0.15) is 0 Å². The standard InChI is InChI=1S/C47H36N2/c1-47(2)42-22-12-10-19-37(42)41-29-33(25-27-43(41)47)48(45-28-31-14-6-7-17-35(31)36-18-8-9-20-38(36)45)34-24-26-40-39-21-11-13-23-44(39)49(46(40)30-34)32-15-4-3-5-16-32/h3-27,29-31H,28H2,1-2H3. The number of rotatable bonds is 4. The highest BCUT2D eigenvalue weighted by Gasteiger charge is 2.36. The maximum absolute atomic E-state index is 2.56. The van der Waals surface area contributed by atoms with Crippen LogP contribution in [0.1, 0.15) is 31.4 Å². The smallest absolute Gasteiger partial charge is 0.0561 e. The van der Waals surface area contributed by atoms with E-state index in [1.165, 1.54) is 82.8 Å². The third kappa shape index (κ3) is 4.14. The molecule has 10 rings (SSSR count). The van der Waals surface area contributed by atoms with Gasteiger partial charge in [-0.25, -0.2) is 0 Å². The van der Waals surface area contributed by atoms with Gasteiger partial charge in [0.15, 0.2) is 0 Å². The summed E-state index contributed by atoms with van der Waals surface area (Å²) in [6.45, 7) is 4.72. The fraction of sp³-hybridized carbons (Fsp3) is 0.106. The molecular formula is C47H36N2. The molecule has 0 saturated carbocycles. The van der Waals surface area contributed by atoms with Crippen LogP contribution in [0.25, 0.3) is 49.9 Å².